The number of carbonyl (C=O) groups is 2. The molecule has 1 aliphatic carbocycles. The highest BCUT2D eigenvalue weighted by atomic mass is 16.5. The quantitative estimate of drug-likeness (QED) is 0.804. The molecule has 0 aliphatic heterocycles. The van der Waals surface area contributed by atoms with Gasteiger partial charge in [-0.25, -0.2) is 4.79 Å². The second kappa shape index (κ2) is 4.84. The van der Waals surface area contributed by atoms with Gasteiger partial charge in [-0.1, -0.05) is 6.92 Å². The Morgan fingerprint density at radius 1 is 1.56 bits per heavy atom. The molecule has 0 bridgehead atoms. The van der Waals surface area contributed by atoms with Gasteiger partial charge in [0.2, 0.25) is 5.91 Å². The highest BCUT2D eigenvalue weighted by molar-refractivity contribution is 6.03. The molecule has 98 valence electrons. The maximum atomic E-state index is 11.8. The third-order valence-electron chi connectivity index (χ3n) is 3.26. The summed E-state index contributed by atoms with van der Waals surface area (Å²) in [6.45, 7) is 5.89. The molecule has 0 saturated heterocycles. The molecule has 2 atom stereocenters. The standard InChI is InChI=1S/C13H18N2O3/c1-4-18-13(17)11-8(3)14-6-10(11)15-12(16)9-5-7(9)2/h6-7,9,14H,4-5H2,1-3H3,(H,15,16). The van der Waals surface area contributed by atoms with Crippen LogP contribution in [0.2, 0.25) is 0 Å². The first-order valence-electron chi connectivity index (χ1n) is 6.20. The molecule has 2 rings (SSSR count). The molecule has 5 nitrogen and oxygen atoms in total. The molecule has 18 heavy (non-hydrogen) atoms. The second-order valence-corrected chi connectivity index (χ2v) is 4.73. The number of H-pyrrole nitrogens is 1. The molecule has 0 aromatic carbocycles. The van der Waals surface area contributed by atoms with E-state index in [0.717, 1.165) is 6.42 Å². The summed E-state index contributed by atoms with van der Waals surface area (Å²) in [5.74, 6) is 0.0915. The van der Waals surface area contributed by atoms with E-state index in [2.05, 4.69) is 10.3 Å². The number of rotatable bonds is 4. The lowest BCUT2D eigenvalue weighted by atomic mass is 10.2. The van der Waals surface area contributed by atoms with Gasteiger partial charge in [0.05, 0.1) is 12.3 Å². The summed E-state index contributed by atoms with van der Waals surface area (Å²) in [4.78, 5) is 26.6. The predicted octanol–water partition coefficient (Wildman–Crippen LogP) is 2.09. The molecule has 0 spiro atoms. The number of hydrogen-bond donors (Lipinski definition) is 2. The van der Waals surface area contributed by atoms with Crippen molar-refractivity contribution in [2.75, 3.05) is 11.9 Å². The van der Waals surface area contributed by atoms with Gasteiger partial charge in [-0.3, -0.25) is 4.79 Å². The number of nitrogens with one attached hydrogen (secondary N) is 2. The summed E-state index contributed by atoms with van der Waals surface area (Å²) in [6, 6.07) is 0. The van der Waals surface area contributed by atoms with Crippen LogP contribution < -0.4 is 5.32 Å². The first kappa shape index (κ1) is 12.7. The maximum Gasteiger partial charge on any atom is 0.342 e. The van der Waals surface area contributed by atoms with Crippen LogP contribution in [0.25, 0.3) is 0 Å². The third-order valence-corrected chi connectivity index (χ3v) is 3.26. The fraction of sp³-hybridized carbons (Fsp3) is 0.538. The molecule has 1 aromatic rings. The van der Waals surface area contributed by atoms with E-state index in [9.17, 15) is 9.59 Å². The fourth-order valence-corrected chi connectivity index (χ4v) is 2.00. The number of ether oxygens (including phenoxy) is 1. The van der Waals surface area contributed by atoms with Crippen LogP contribution in [0.4, 0.5) is 5.69 Å². The third kappa shape index (κ3) is 2.39. The Kier molecular flexibility index (Phi) is 3.41. The van der Waals surface area contributed by atoms with Gasteiger partial charge in [0.1, 0.15) is 5.56 Å². The molecule has 1 amide bonds. The van der Waals surface area contributed by atoms with Crippen LogP contribution in [0.5, 0.6) is 0 Å². The van der Waals surface area contributed by atoms with E-state index in [1.165, 1.54) is 0 Å². The van der Waals surface area contributed by atoms with Crippen LogP contribution in [0, 0.1) is 18.8 Å². The van der Waals surface area contributed by atoms with Gasteiger partial charge in [-0.2, -0.15) is 0 Å². The molecule has 2 unspecified atom stereocenters. The molecule has 0 radical (unpaired) electrons. The summed E-state index contributed by atoms with van der Waals surface area (Å²) in [7, 11) is 0. The van der Waals surface area contributed by atoms with Gasteiger partial charge in [-0.05, 0) is 26.2 Å². The van der Waals surface area contributed by atoms with Crippen molar-refractivity contribution in [3.63, 3.8) is 0 Å². The molecule has 1 aliphatic rings. The Labute approximate surface area is 106 Å². The molecule has 2 N–H and O–H groups in total. The largest absolute Gasteiger partial charge is 0.462 e. The van der Waals surface area contributed by atoms with Crippen LogP contribution >= 0.6 is 0 Å². The zero-order valence-corrected chi connectivity index (χ0v) is 10.9. The van der Waals surface area contributed by atoms with Crippen molar-refractivity contribution >= 4 is 17.6 Å². The summed E-state index contributed by atoms with van der Waals surface area (Å²) < 4.78 is 4.98. The van der Waals surface area contributed by atoms with Crippen LogP contribution in [0.15, 0.2) is 6.20 Å². The smallest absolute Gasteiger partial charge is 0.342 e. The minimum absolute atomic E-state index is 0.0213. The molecule has 5 heteroatoms. The van der Waals surface area contributed by atoms with E-state index < -0.39 is 5.97 Å². The molecular weight excluding hydrogens is 232 g/mol. The topological polar surface area (TPSA) is 71.2 Å². The van der Waals surface area contributed by atoms with Gasteiger partial charge in [0, 0.05) is 17.8 Å². The number of esters is 1. The maximum absolute atomic E-state index is 11.8. The van der Waals surface area contributed by atoms with E-state index in [0.29, 0.717) is 29.5 Å². The van der Waals surface area contributed by atoms with Gasteiger partial charge in [0.25, 0.3) is 0 Å². The zero-order chi connectivity index (χ0) is 13.3. The number of aromatic nitrogens is 1. The summed E-state index contributed by atoms with van der Waals surface area (Å²) in [5, 5.41) is 2.79. The minimum Gasteiger partial charge on any atom is -0.462 e. The number of aryl methyl sites for hydroxylation is 1. The molecule has 1 aromatic heterocycles. The van der Waals surface area contributed by atoms with Crippen LogP contribution in [-0.4, -0.2) is 23.5 Å². The lowest BCUT2D eigenvalue weighted by Crippen LogP contribution is -2.17. The molecular formula is C13H18N2O3. The number of anilines is 1. The monoisotopic (exact) mass is 250 g/mol. The highest BCUT2D eigenvalue weighted by Crippen LogP contribution is 2.38. The van der Waals surface area contributed by atoms with Gasteiger partial charge >= 0.3 is 5.97 Å². The molecule has 1 fully saturated rings. The van der Waals surface area contributed by atoms with Crippen LogP contribution in [0.1, 0.15) is 36.3 Å². The van der Waals surface area contributed by atoms with E-state index in [-0.39, 0.29) is 11.8 Å². The first-order chi connectivity index (χ1) is 8.54. The van der Waals surface area contributed by atoms with E-state index in [1.54, 1.807) is 20.0 Å². The van der Waals surface area contributed by atoms with Gasteiger partial charge in [0.15, 0.2) is 0 Å². The summed E-state index contributed by atoms with van der Waals surface area (Å²) >= 11 is 0. The Bertz CT molecular complexity index is 479. The second-order valence-electron chi connectivity index (χ2n) is 4.73. The van der Waals surface area contributed by atoms with Crippen molar-refractivity contribution in [2.24, 2.45) is 11.8 Å². The lowest BCUT2D eigenvalue weighted by Gasteiger charge is -2.06. The summed E-state index contributed by atoms with van der Waals surface area (Å²) in [5.41, 5.74) is 1.63. The number of carbonyl (C=O) groups excluding carboxylic acids is 2. The van der Waals surface area contributed by atoms with Crippen molar-refractivity contribution < 1.29 is 14.3 Å². The Morgan fingerprint density at radius 2 is 2.22 bits per heavy atom. The Balaban J connectivity index is 2.13. The summed E-state index contributed by atoms with van der Waals surface area (Å²) in [6.07, 6.45) is 2.55. The average Bonchev–Trinajstić information content (AvgIpc) is 2.93. The van der Waals surface area contributed by atoms with Crippen molar-refractivity contribution in [2.45, 2.75) is 27.2 Å². The normalized spacial score (nSPS) is 21.5. The minimum atomic E-state index is -0.407. The predicted molar refractivity (Wildman–Crippen MR) is 67.4 cm³/mol. The average molecular weight is 250 g/mol. The Hall–Kier alpha value is -1.78. The van der Waals surface area contributed by atoms with E-state index in [4.69, 9.17) is 4.74 Å². The van der Waals surface area contributed by atoms with E-state index in [1.807, 2.05) is 6.92 Å². The van der Waals surface area contributed by atoms with E-state index >= 15 is 0 Å². The zero-order valence-electron chi connectivity index (χ0n) is 10.9. The van der Waals surface area contributed by atoms with Gasteiger partial charge < -0.3 is 15.0 Å². The lowest BCUT2D eigenvalue weighted by molar-refractivity contribution is -0.117. The van der Waals surface area contributed by atoms with Crippen LogP contribution in [0.3, 0.4) is 0 Å². The number of amides is 1. The van der Waals surface area contributed by atoms with Crippen molar-refractivity contribution in [1.29, 1.82) is 0 Å². The van der Waals surface area contributed by atoms with Crippen molar-refractivity contribution in [3.8, 4) is 0 Å². The highest BCUT2D eigenvalue weighted by Gasteiger charge is 2.39. The number of aromatic amines is 1. The van der Waals surface area contributed by atoms with Crippen molar-refractivity contribution in [3.05, 3.63) is 17.5 Å². The Morgan fingerprint density at radius 3 is 2.78 bits per heavy atom. The number of hydrogen-bond acceptors (Lipinski definition) is 3. The van der Waals surface area contributed by atoms with Gasteiger partial charge in [-0.15, -0.1) is 0 Å². The molecule has 1 heterocycles. The molecule has 1 saturated carbocycles. The van der Waals surface area contributed by atoms with Crippen molar-refractivity contribution in [1.82, 2.24) is 4.98 Å². The van der Waals surface area contributed by atoms with Crippen LogP contribution in [-0.2, 0) is 9.53 Å². The fourth-order valence-electron chi connectivity index (χ4n) is 2.00. The SMILES string of the molecule is CCOC(=O)c1c(NC(=O)C2CC2C)c[nH]c1C. The first-order valence-corrected chi connectivity index (χ1v) is 6.20.